The topological polar surface area (TPSA) is 42.4 Å². The van der Waals surface area contributed by atoms with Crippen molar-refractivity contribution in [2.24, 2.45) is 0 Å². The van der Waals surface area contributed by atoms with Gasteiger partial charge in [0.25, 0.3) is 17.8 Å². The zero-order chi connectivity index (χ0) is 20.5. The van der Waals surface area contributed by atoms with Crippen molar-refractivity contribution in [1.82, 2.24) is 9.88 Å². The number of benzene rings is 2. The minimum Gasteiger partial charge on any atom is -0.451 e. The van der Waals surface area contributed by atoms with Gasteiger partial charge in [-0.2, -0.15) is 22.5 Å². The number of carbonyl (C=O) groups excluding carboxylic acids is 1. The molecule has 2 heterocycles. The number of ether oxygens (including phenoxy) is 1. The Bertz CT molecular complexity index is 1080. The molecule has 0 fully saturated rings. The SMILES string of the molecule is O=C(c1cccc(Oc2c(F)c(F)nc(F)c2F)c1)N1CCc2ccccc2C1. The lowest BCUT2D eigenvalue weighted by Gasteiger charge is -2.29. The van der Waals surface area contributed by atoms with Gasteiger partial charge in [0.1, 0.15) is 5.75 Å². The van der Waals surface area contributed by atoms with Gasteiger partial charge in [-0.3, -0.25) is 4.79 Å². The minimum absolute atomic E-state index is 0.143. The van der Waals surface area contributed by atoms with Crippen molar-refractivity contribution < 1.29 is 27.1 Å². The highest BCUT2D eigenvalue weighted by Crippen LogP contribution is 2.30. The molecule has 4 rings (SSSR count). The van der Waals surface area contributed by atoms with Crippen LogP contribution in [0, 0.1) is 23.5 Å². The molecule has 0 bridgehead atoms. The van der Waals surface area contributed by atoms with Crippen LogP contribution in [0.1, 0.15) is 21.5 Å². The summed E-state index contributed by atoms with van der Waals surface area (Å²) in [5.41, 5.74) is 2.45. The van der Waals surface area contributed by atoms with Gasteiger partial charge in [0.15, 0.2) is 0 Å². The molecule has 3 aromatic rings. The number of amides is 1. The van der Waals surface area contributed by atoms with Crippen LogP contribution < -0.4 is 4.74 Å². The third kappa shape index (κ3) is 3.65. The molecule has 8 heteroatoms. The van der Waals surface area contributed by atoms with E-state index in [0.717, 1.165) is 5.56 Å². The summed E-state index contributed by atoms with van der Waals surface area (Å²) in [6, 6.07) is 13.4. The maximum atomic E-state index is 13.8. The van der Waals surface area contributed by atoms with E-state index in [1.165, 1.54) is 29.8 Å². The monoisotopic (exact) mass is 402 g/mol. The number of nitrogens with zero attached hydrogens (tertiary/aromatic N) is 2. The second-order valence-electron chi connectivity index (χ2n) is 6.53. The Kier molecular flexibility index (Phi) is 4.92. The predicted octanol–water partition coefficient (Wildman–Crippen LogP) is 4.63. The minimum atomic E-state index is -1.82. The average Bonchev–Trinajstić information content (AvgIpc) is 2.74. The highest BCUT2D eigenvalue weighted by atomic mass is 19.2. The van der Waals surface area contributed by atoms with Crippen LogP contribution in [0.5, 0.6) is 11.5 Å². The van der Waals surface area contributed by atoms with E-state index in [-0.39, 0.29) is 17.2 Å². The maximum absolute atomic E-state index is 13.8. The Balaban J connectivity index is 1.58. The molecular formula is C21H14F4N2O2. The normalized spacial score (nSPS) is 13.2. The number of aromatic nitrogens is 1. The van der Waals surface area contributed by atoms with E-state index in [1.807, 2.05) is 24.3 Å². The van der Waals surface area contributed by atoms with E-state index in [1.54, 1.807) is 4.90 Å². The fourth-order valence-electron chi connectivity index (χ4n) is 3.22. The van der Waals surface area contributed by atoms with Crippen LogP contribution in [0.15, 0.2) is 48.5 Å². The fourth-order valence-corrected chi connectivity index (χ4v) is 3.22. The second kappa shape index (κ2) is 7.54. The molecule has 148 valence electrons. The molecule has 0 N–H and O–H groups in total. The molecule has 0 radical (unpaired) electrons. The Morgan fingerprint density at radius 3 is 2.34 bits per heavy atom. The van der Waals surface area contributed by atoms with Crippen LogP contribution in [0.3, 0.4) is 0 Å². The quantitative estimate of drug-likeness (QED) is 0.474. The van der Waals surface area contributed by atoms with Crippen LogP contribution in [0.2, 0.25) is 0 Å². The van der Waals surface area contributed by atoms with Gasteiger partial charge < -0.3 is 9.64 Å². The summed E-state index contributed by atoms with van der Waals surface area (Å²) in [7, 11) is 0. The second-order valence-corrected chi connectivity index (χ2v) is 6.53. The third-order valence-corrected chi connectivity index (χ3v) is 4.68. The van der Waals surface area contributed by atoms with Gasteiger partial charge in [-0.25, -0.2) is 0 Å². The molecule has 29 heavy (non-hydrogen) atoms. The summed E-state index contributed by atoms with van der Waals surface area (Å²) < 4.78 is 59.1. The molecule has 0 atom stereocenters. The van der Waals surface area contributed by atoms with E-state index in [2.05, 4.69) is 4.98 Å². The largest absolute Gasteiger partial charge is 0.451 e. The van der Waals surface area contributed by atoms with E-state index < -0.39 is 29.3 Å². The van der Waals surface area contributed by atoms with E-state index >= 15 is 0 Å². The molecule has 0 unspecified atom stereocenters. The number of pyridine rings is 1. The average molecular weight is 402 g/mol. The highest BCUT2D eigenvalue weighted by molar-refractivity contribution is 5.94. The molecule has 1 amide bonds. The number of rotatable bonds is 3. The van der Waals surface area contributed by atoms with Gasteiger partial charge in [0.05, 0.1) is 0 Å². The molecule has 2 aromatic carbocycles. The first-order valence-corrected chi connectivity index (χ1v) is 8.78. The van der Waals surface area contributed by atoms with E-state index in [0.29, 0.717) is 19.5 Å². The number of halogens is 4. The van der Waals surface area contributed by atoms with E-state index in [9.17, 15) is 22.4 Å². The zero-order valence-corrected chi connectivity index (χ0v) is 15.0. The number of hydrogen-bond acceptors (Lipinski definition) is 3. The highest BCUT2D eigenvalue weighted by Gasteiger charge is 2.24. The molecule has 4 nitrogen and oxygen atoms in total. The molecule has 0 spiro atoms. The smallest absolute Gasteiger partial charge is 0.255 e. The van der Waals surface area contributed by atoms with Crippen molar-refractivity contribution in [3.63, 3.8) is 0 Å². The van der Waals surface area contributed by atoms with Crippen molar-refractivity contribution >= 4 is 5.91 Å². The molecule has 0 saturated heterocycles. The van der Waals surface area contributed by atoms with Gasteiger partial charge in [-0.1, -0.05) is 30.3 Å². The van der Waals surface area contributed by atoms with Gasteiger partial charge in [-0.15, -0.1) is 0 Å². The molecule has 0 saturated carbocycles. The van der Waals surface area contributed by atoms with Gasteiger partial charge in [0.2, 0.25) is 17.4 Å². The lowest BCUT2D eigenvalue weighted by molar-refractivity contribution is 0.0734. The molecular weight excluding hydrogens is 388 g/mol. The Morgan fingerprint density at radius 2 is 1.62 bits per heavy atom. The summed E-state index contributed by atoms with van der Waals surface area (Å²) in [5, 5.41) is 0. The van der Waals surface area contributed by atoms with Crippen molar-refractivity contribution in [3.05, 3.63) is 88.8 Å². The van der Waals surface area contributed by atoms with Crippen LogP contribution in [-0.4, -0.2) is 22.3 Å². The summed E-state index contributed by atoms with van der Waals surface area (Å²) in [6.45, 7) is 0.953. The van der Waals surface area contributed by atoms with Crippen molar-refractivity contribution in [1.29, 1.82) is 0 Å². The van der Waals surface area contributed by atoms with Crippen molar-refractivity contribution in [2.45, 2.75) is 13.0 Å². The van der Waals surface area contributed by atoms with Crippen molar-refractivity contribution in [2.75, 3.05) is 6.54 Å². The first kappa shape index (κ1) is 18.9. The number of fused-ring (bicyclic) bond motifs is 1. The predicted molar refractivity (Wildman–Crippen MR) is 95.5 cm³/mol. The van der Waals surface area contributed by atoms with Crippen LogP contribution in [0.4, 0.5) is 17.6 Å². The van der Waals surface area contributed by atoms with Crippen LogP contribution in [0.25, 0.3) is 0 Å². The first-order valence-electron chi connectivity index (χ1n) is 8.78. The van der Waals surface area contributed by atoms with Crippen LogP contribution >= 0.6 is 0 Å². The maximum Gasteiger partial charge on any atom is 0.255 e. The zero-order valence-electron chi connectivity index (χ0n) is 15.0. The van der Waals surface area contributed by atoms with Crippen molar-refractivity contribution in [3.8, 4) is 11.5 Å². The Labute approximate surface area is 163 Å². The standard InChI is InChI=1S/C21H14F4N2O2/c22-16-18(17(23)20(25)26-19(16)24)29-15-7-3-6-13(10-15)21(28)27-9-8-12-4-1-2-5-14(12)11-27/h1-7,10H,8-9,11H2. The Hall–Kier alpha value is -3.42. The molecule has 0 aliphatic carbocycles. The summed E-state index contributed by atoms with van der Waals surface area (Å²) in [5.74, 6) is -8.85. The number of carbonyl (C=O) groups is 1. The molecule has 1 aliphatic heterocycles. The van der Waals surface area contributed by atoms with Crippen LogP contribution in [-0.2, 0) is 13.0 Å². The molecule has 1 aliphatic rings. The van der Waals surface area contributed by atoms with E-state index in [4.69, 9.17) is 4.74 Å². The van der Waals surface area contributed by atoms with Gasteiger partial charge in [0, 0.05) is 18.7 Å². The fraction of sp³-hybridized carbons (Fsp3) is 0.143. The van der Waals surface area contributed by atoms with Gasteiger partial charge in [-0.05, 0) is 35.7 Å². The number of hydrogen-bond donors (Lipinski definition) is 0. The first-order chi connectivity index (χ1) is 13.9. The summed E-state index contributed by atoms with van der Waals surface area (Å²) in [6.07, 6.45) is 0.712. The molecule has 1 aromatic heterocycles. The summed E-state index contributed by atoms with van der Waals surface area (Å²) >= 11 is 0. The lowest BCUT2D eigenvalue weighted by Crippen LogP contribution is -2.35. The van der Waals surface area contributed by atoms with Gasteiger partial charge >= 0.3 is 0 Å². The lowest BCUT2D eigenvalue weighted by atomic mass is 9.99. The third-order valence-electron chi connectivity index (χ3n) is 4.68. The summed E-state index contributed by atoms with van der Waals surface area (Å²) in [4.78, 5) is 17.0. The Morgan fingerprint density at radius 1 is 0.931 bits per heavy atom.